The first-order valence-electron chi connectivity index (χ1n) is 12.1. The molecule has 1 aliphatic carbocycles. The number of hydrogen-bond acceptors (Lipinski definition) is 3. The summed E-state index contributed by atoms with van der Waals surface area (Å²) in [5, 5.41) is 3.21. The number of rotatable bonds is 9. The molecule has 0 radical (unpaired) electrons. The lowest BCUT2D eigenvalue weighted by atomic mass is 9.95. The summed E-state index contributed by atoms with van der Waals surface area (Å²) in [5.74, 6) is 1.12. The van der Waals surface area contributed by atoms with E-state index in [0.717, 1.165) is 29.7 Å². The number of thioether (sulfide) groups is 1. The zero-order chi connectivity index (χ0) is 23.8. The fraction of sp³-hybridized carbons (Fsp3) is 0.500. The summed E-state index contributed by atoms with van der Waals surface area (Å²) in [6.45, 7) is 8.56. The van der Waals surface area contributed by atoms with E-state index >= 15 is 0 Å². The van der Waals surface area contributed by atoms with Crippen LogP contribution in [-0.4, -0.2) is 34.6 Å². The third-order valence-electron chi connectivity index (χ3n) is 6.33. The quantitative estimate of drug-likeness (QED) is 0.515. The molecule has 33 heavy (non-hydrogen) atoms. The molecule has 0 bridgehead atoms. The van der Waals surface area contributed by atoms with E-state index in [1.54, 1.807) is 16.7 Å². The lowest BCUT2D eigenvalue weighted by Crippen LogP contribution is -2.50. The highest BCUT2D eigenvalue weighted by molar-refractivity contribution is 7.99. The van der Waals surface area contributed by atoms with Crippen LogP contribution in [0, 0.1) is 20.8 Å². The Labute approximate surface area is 203 Å². The van der Waals surface area contributed by atoms with Crippen molar-refractivity contribution in [3.63, 3.8) is 0 Å². The molecule has 2 amide bonds. The Balaban J connectivity index is 1.66. The van der Waals surface area contributed by atoms with Gasteiger partial charge in [0.15, 0.2) is 0 Å². The Hall–Kier alpha value is -2.27. The highest BCUT2D eigenvalue weighted by Gasteiger charge is 2.28. The van der Waals surface area contributed by atoms with Gasteiger partial charge in [0.05, 0.1) is 5.75 Å². The first kappa shape index (κ1) is 25.4. The number of amides is 2. The summed E-state index contributed by atoms with van der Waals surface area (Å²) in [7, 11) is 0. The SMILES string of the molecule is Cc1cc(C)cc(CSCC(=O)N(Cc2cccc(C)c2)[C@@H](C)C(=O)NC2CCCCC2)c1. The van der Waals surface area contributed by atoms with Gasteiger partial charge in [-0.25, -0.2) is 0 Å². The van der Waals surface area contributed by atoms with Crippen LogP contribution in [0.2, 0.25) is 0 Å². The van der Waals surface area contributed by atoms with E-state index in [1.807, 2.05) is 19.1 Å². The summed E-state index contributed by atoms with van der Waals surface area (Å²) < 4.78 is 0. The van der Waals surface area contributed by atoms with E-state index in [2.05, 4.69) is 56.4 Å². The van der Waals surface area contributed by atoms with Crippen molar-refractivity contribution >= 4 is 23.6 Å². The molecular weight excluding hydrogens is 428 g/mol. The predicted molar refractivity (Wildman–Crippen MR) is 138 cm³/mol. The van der Waals surface area contributed by atoms with Crippen molar-refractivity contribution in [3.05, 3.63) is 70.3 Å². The van der Waals surface area contributed by atoms with Crippen LogP contribution in [-0.2, 0) is 21.9 Å². The summed E-state index contributed by atoms with van der Waals surface area (Å²) in [5.41, 5.74) is 5.93. The minimum absolute atomic E-state index is 0.0113. The van der Waals surface area contributed by atoms with Crippen LogP contribution in [0.15, 0.2) is 42.5 Å². The first-order chi connectivity index (χ1) is 15.8. The first-order valence-corrected chi connectivity index (χ1v) is 13.3. The maximum atomic E-state index is 13.3. The Morgan fingerprint density at radius 1 is 0.970 bits per heavy atom. The number of nitrogens with zero attached hydrogens (tertiary/aromatic N) is 1. The van der Waals surface area contributed by atoms with Gasteiger partial charge in [-0.3, -0.25) is 9.59 Å². The average molecular weight is 467 g/mol. The number of aryl methyl sites for hydroxylation is 3. The van der Waals surface area contributed by atoms with E-state index in [4.69, 9.17) is 0 Å². The van der Waals surface area contributed by atoms with E-state index in [0.29, 0.717) is 12.3 Å². The van der Waals surface area contributed by atoms with Crippen molar-refractivity contribution in [2.24, 2.45) is 0 Å². The fourth-order valence-corrected chi connectivity index (χ4v) is 5.49. The topological polar surface area (TPSA) is 49.4 Å². The summed E-state index contributed by atoms with van der Waals surface area (Å²) >= 11 is 1.62. The third kappa shape index (κ3) is 7.92. The van der Waals surface area contributed by atoms with Gasteiger partial charge >= 0.3 is 0 Å². The second-order valence-corrected chi connectivity index (χ2v) is 10.5. The molecule has 0 unspecified atom stereocenters. The summed E-state index contributed by atoms with van der Waals surface area (Å²) in [6.07, 6.45) is 5.66. The lowest BCUT2D eigenvalue weighted by Gasteiger charge is -2.31. The highest BCUT2D eigenvalue weighted by atomic mass is 32.2. The molecule has 4 nitrogen and oxygen atoms in total. The molecule has 0 aliphatic heterocycles. The molecule has 0 saturated heterocycles. The van der Waals surface area contributed by atoms with Crippen LogP contribution < -0.4 is 5.32 Å². The molecule has 1 aliphatic rings. The van der Waals surface area contributed by atoms with Crippen molar-refractivity contribution in [3.8, 4) is 0 Å². The maximum absolute atomic E-state index is 13.3. The van der Waals surface area contributed by atoms with Crippen molar-refractivity contribution in [1.29, 1.82) is 0 Å². The van der Waals surface area contributed by atoms with Gasteiger partial charge in [-0.05, 0) is 51.7 Å². The molecule has 0 spiro atoms. The van der Waals surface area contributed by atoms with E-state index in [9.17, 15) is 9.59 Å². The monoisotopic (exact) mass is 466 g/mol. The fourth-order valence-electron chi connectivity index (χ4n) is 4.65. The maximum Gasteiger partial charge on any atom is 0.242 e. The lowest BCUT2D eigenvalue weighted by molar-refractivity contribution is -0.139. The standard InChI is InChI=1S/C28H38N2O2S/c1-20-9-8-10-24(14-20)17-30(23(4)28(32)29-26-11-6-5-7-12-26)27(31)19-33-18-25-15-21(2)13-22(3)16-25/h8-10,13-16,23,26H,5-7,11-12,17-19H2,1-4H3,(H,29,32)/t23-/m0/s1. The van der Waals surface area contributed by atoms with Crippen LogP contribution in [0.25, 0.3) is 0 Å². The number of benzene rings is 2. The van der Waals surface area contributed by atoms with Crippen molar-refractivity contribution in [1.82, 2.24) is 10.2 Å². The Kier molecular flexibility index (Phi) is 9.42. The normalized spacial score (nSPS) is 15.2. The van der Waals surface area contributed by atoms with E-state index in [-0.39, 0.29) is 17.9 Å². The summed E-state index contributed by atoms with van der Waals surface area (Å²) in [4.78, 5) is 28.1. The Morgan fingerprint density at radius 3 is 2.30 bits per heavy atom. The number of hydrogen-bond donors (Lipinski definition) is 1. The Bertz CT molecular complexity index is 932. The molecule has 1 fully saturated rings. The average Bonchev–Trinajstić information content (AvgIpc) is 2.77. The molecule has 1 saturated carbocycles. The second-order valence-electron chi connectivity index (χ2n) is 9.52. The van der Waals surface area contributed by atoms with Crippen molar-refractivity contribution < 1.29 is 9.59 Å². The minimum Gasteiger partial charge on any atom is -0.352 e. The smallest absolute Gasteiger partial charge is 0.242 e. The van der Waals surface area contributed by atoms with Crippen LogP contribution in [0.4, 0.5) is 0 Å². The highest BCUT2D eigenvalue weighted by Crippen LogP contribution is 2.20. The zero-order valence-electron chi connectivity index (χ0n) is 20.5. The van der Waals surface area contributed by atoms with Gasteiger partial charge in [-0.15, -0.1) is 11.8 Å². The zero-order valence-corrected chi connectivity index (χ0v) is 21.3. The van der Waals surface area contributed by atoms with Crippen LogP contribution in [0.3, 0.4) is 0 Å². The van der Waals surface area contributed by atoms with Crippen LogP contribution in [0.1, 0.15) is 66.8 Å². The van der Waals surface area contributed by atoms with Crippen molar-refractivity contribution in [2.75, 3.05) is 5.75 Å². The largest absolute Gasteiger partial charge is 0.352 e. The molecule has 1 N–H and O–H groups in total. The minimum atomic E-state index is -0.498. The molecule has 178 valence electrons. The third-order valence-corrected chi connectivity index (χ3v) is 7.32. The molecule has 5 heteroatoms. The number of carbonyl (C=O) groups is 2. The summed E-state index contributed by atoms with van der Waals surface area (Å²) in [6, 6.07) is 14.4. The van der Waals surface area contributed by atoms with Gasteiger partial charge < -0.3 is 10.2 Å². The van der Waals surface area contributed by atoms with Gasteiger partial charge in [0.1, 0.15) is 6.04 Å². The molecule has 0 heterocycles. The molecular formula is C28H38N2O2S. The predicted octanol–water partition coefficient (Wildman–Crippen LogP) is 5.71. The molecule has 0 aromatic heterocycles. The molecule has 1 atom stereocenters. The molecule has 2 aromatic carbocycles. The van der Waals surface area contributed by atoms with E-state index < -0.39 is 6.04 Å². The van der Waals surface area contributed by atoms with Crippen LogP contribution >= 0.6 is 11.8 Å². The Morgan fingerprint density at radius 2 is 1.64 bits per heavy atom. The van der Waals surface area contributed by atoms with Gasteiger partial charge in [-0.1, -0.05) is 78.4 Å². The molecule has 3 rings (SSSR count). The van der Waals surface area contributed by atoms with Gasteiger partial charge in [0.25, 0.3) is 0 Å². The second kappa shape index (κ2) is 12.3. The number of nitrogens with one attached hydrogen (secondary N) is 1. The number of carbonyl (C=O) groups excluding carboxylic acids is 2. The van der Waals surface area contributed by atoms with E-state index in [1.165, 1.54) is 36.0 Å². The van der Waals surface area contributed by atoms with Crippen molar-refractivity contribution in [2.45, 2.75) is 84.2 Å². The van der Waals surface area contributed by atoms with Gasteiger partial charge in [0, 0.05) is 18.3 Å². The molecule has 2 aromatic rings. The van der Waals surface area contributed by atoms with Gasteiger partial charge in [0.2, 0.25) is 11.8 Å². The van der Waals surface area contributed by atoms with Gasteiger partial charge in [-0.2, -0.15) is 0 Å². The van der Waals surface area contributed by atoms with Crippen LogP contribution in [0.5, 0.6) is 0 Å².